The van der Waals surface area contributed by atoms with Crippen LogP contribution in [-0.4, -0.2) is 34.9 Å². The molecule has 1 aliphatic heterocycles. The second-order valence-corrected chi connectivity index (χ2v) is 5.56. The van der Waals surface area contributed by atoms with Crippen LogP contribution < -0.4 is 11.1 Å². The van der Waals surface area contributed by atoms with Crippen molar-refractivity contribution in [2.24, 2.45) is 5.92 Å². The normalized spacial score (nSPS) is 17.1. The molecule has 1 unspecified atom stereocenters. The zero-order chi connectivity index (χ0) is 16.4. The summed E-state index contributed by atoms with van der Waals surface area (Å²) in [5.74, 6) is -1.15. The summed E-state index contributed by atoms with van der Waals surface area (Å²) < 4.78 is 0. The molecule has 6 heteroatoms. The SMILES string of the molecule is Nc1ncc(-c2ccccc2C(=O)C2CCNC2)cc1C(=O)O. The van der Waals surface area contributed by atoms with Gasteiger partial charge in [0.1, 0.15) is 11.4 Å². The molecule has 0 bridgehead atoms. The van der Waals surface area contributed by atoms with E-state index in [1.807, 2.05) is 12.1 Å². The van der Waals surface area contributed by atoms with E-state index in [4.69, 9.17) is 5.73 Å². The van der Waals surface area contributed by atoms with Crippen LogP contribution in [0.1, 0.15) is 27.1 Å². The van der Waals surface area contributed by atoms with Gasteiger partial charge in [-0.25, -0.2) is 9.78 Å². The molecule has 0 spiro atoms. The van der Waals surface area contributed by atoms with Crippen molar-refractivity contribution in [3.05, 3.63) is 47.7 Å². The average Bonchev–Trinajstić information content (AvgIpc) is 3.09. The van der Waals surface area contributed by atoms with Gasteiger partial charge in [-0.3, -0.25) is 4.79 Å². The summed E-state index contributed by atoms with van der Waals surface area (Å²) in [7, 11) is 0. The Morgan fingerprint density at radius 2 is 2.04 bits per heavy atom. The van der Waals surface area contributed by atoms with Crippen LogP contribution in [0.15, 0.2) is 36.5 Å². The Balaban J connectivity index is 2.05. The van der Waals surface area contributed by atoms with Crippen LogP contribution in [0.2, 0.25) is 0 Å². The van der Waals surface area contributed by atoms with E-state index in [-0.39, 0.29) is 23.1 Å². The summed E-state index contributed by atoms with van der Waals surface area (Å²) in [6, 6.07) is 8.66. The molecule has 1 atom stereocenters. The number of aromatic nitrogens is 1. The highest BCUT2D eigenvalue weighted by molar-refractivity contribution is 6.04. The molecule has 0 saturated carbocycles. The minimum Gasteiger partial charge on any atom is -0.478 e. The number of benzene rings is 1. The Hall–Kier alpha value is -2.73. The number of carboxylic acid groups (broad SMARTS) is 1. The van der Waals surface area contributed by atoms with Gasteiger partial charge >= 0.3 is 5.97 Å². The number of ketones is 1. The number of nitrogens with two attached hydrogens (primary N) is 1. The zero-order valence-corrected chi connectivity index (χ0v) is 12.5. The lowest BCUT2D eigenvalue weighted by atomic mass is 9.90. The van der Waals surface area contributed by atoms with Gasteiger partial charge < -0.3 is 16.2 Å². The molecule has 1 saturated heterocycles. The number of aromatic carboxylic acids is 1. The standard InChI is InChI=1S/C17H17N3O3/c18-16-14(17(22)23)7-11(9-20-16)12-3-1-2-4-13(12)15(21)10-5-6-19-8-10/h1-4,7,9-10,19H,5-6,8H2,(H2,18,20)(H,22,23). The molecule has 0 amide bonds. The van der Waals surface area contributed by atoms with Crippen LogP contribution in [0.5, 0.6) is 0 Å². The van der Waals surface area contributed by atoms with Crippen molar-refractivity contribution in [2.45, 2.75) is 6.42 Å². The molecule has 6 nitrogen and oxygen atoms in total. The number of nitrogens with one attached hydrogen (secondary N) is 1. The smallest absolute Gasteiger partial charge is 0.339 e. The van der Waals surface area contributed by atoms with Crippen LogP contribution in [0.3, 0.4) is 0 Å². The van der Waals surface area contributed by atoms with Crippen LogP contribution >= 0.6 is 0 Å². The van der Waals surface area contributed by atoms with Crippen molar-refractivity contribution in [3.63, 3.8) is 0 Å². The molecule has 1 fully saturated rings. The minimum atomic E-state index is -1.14. The monoisotopic (exact) mass is 311 g/mol. The van der Waals surface area contributed by atoms with Crippen molar-refractivity contribution in [1.82, 2.24) is 10.3 Å². The fourth-order valence-corrected chi connectivity index (χ4v) is 2.84. The van der Waals surface area contributed by atoms with Gasteiger partial charge in [0.15, 0.2) is 5.78 Å². The van der Waals surface area contributed by atoms with E-state index in [0.29, 0.717) is 23.2 Å². The molecule has 1 aromatic carbocycles. The number of carbonyl (C=O) groups excluding carboxylic acids is 1. The van der Waals surface area contributed by atoms with Crippen molar-refractivity contribution in [2.75, 3.05) is 18.8 Å². The highest BCUT2D eigenvalue weighted by Crippen LogP contribution is 2.28. The molecule has 1 aliphatic rings. The lowest BCUT2D eigenvalue weighted by Crippen LogP contribution is -2.18. The molecular formula is C17H17N3O3. The topological polar surface area (TPSA) is 105 Å². The molecule has 2 heterocycles. The predicted molar refractivity (Wildman–Crippen MR) is 86.4 cm³/mol. The highest BCUT2D eigenvalue weighted by Gasteiger charge is 2.25. The summed E-state index contributed by atoms with van der Waals surface area (Å²) in [4.78, 5) is 27.9. The molecule has 1 aromatic heterocycles. The van der Waals surface area contributed by atoms with Crippen LogP contribution in [0.25, 0.3) is 11.1 Å². The average molecular weight is 311 g/mol. The van der Waals surface area contributed by atoms with E-state index in [1.165, 1.54) is 12.3 Å². The molecule has 23 heavy (non-hydrogen) atoms. The third-order valence-electron chi connectivity index (χ3n) is 4.08. The fourth-order valence-electron chi connectivity index (χ4n) is 2.84. The number of hydrogen-bond acceptors (Lipinski definition) is 5. The summed E-state index contributed by atoms with van der Waals surface area (Å²) in [5.41, 5.74) is 7.38. The van der Waals surface area contributed by atoms with Gasteiger partial charge in [0, 0.05) is 29.8 Å². The van der Waals surface area contributed by atoms with E-state index < -0.39 is 5.97 Å². The van der Waals surface area contributed by atoms with Crippen molar-refractivity contribution >= 4 is 17.6 Å². The van der Waals surface area contributed by atoms with Crippen molar-refractivity contribution in [3.8, 4) is 11.1 Å². The third kappa shape index (κ3) is 2.93. The Morgan fingerprint density at radius 3 is 2.74 bits per heavy atom. The zero-order valence-electron chi connectivity index (χ0n) is 12.5. The minimum absolute atomic E-state index is 0.0370. The largest absolute Gasteiger partial charge is 0.478 e. The van der Waals surface area contributed by atoms with Gasteiger partial charge in [-0.1, -0.05) is 24.3 Å². The quantitative estimate of drug-likeness (QED) is 0.744. The lowest BCUT2D eigenvalue weighted by Gasteiger charge is -2.13. The van der Waals surface area contributed by atoms with Gasteiger partial charge in [0.25, 0.3) is 0 Å². The maximum Gasteiger partial charge on any atom is 0.339 e. The van der Waals surface area contributed by atoms with E-state index in [1.54, 1.807) is 12.1 Å². The second kappa shape index (κ2) is 6.18. The molecule has 0 radical (unpaired) electrons. The van der Waals surface area contributed by atoms with Gasteiger partial charge in [-0.2, -0.15) is 0 Å². The molecule has 3 rings (SSSR count). The first-order chi connectivity index (χ1) is 11.1. The van der Waals surface area contributed by atoms with E-state index in [0.717, 1.165) is 13.0 Å². The molecule has 0 aliphatic carbocycles. The van der Waals surface area contributed by atoms with E-state index in [9.17, 15) is 14.7 Å². The van der Waals surface area contributed by atoms with Crippen molar-refractivity contribution < 1.29 is 14.7 Å². The first-order valence-electron chi connectivity index (χ1n) is 7.41. The Morgan fingerprint density at radius 1 is 1.26 bits per heavy atom. The summed E-state index contributed by atoms with van der Waals surface area (Å²) >= 11 is 0. The van der Waals surface area contributed by atoms with Gasteiger partial charge in [0.2, 0.25) is 0 Å². The highest BCUT2D eigenvalue weighted by atomic mass is 16.4. The number of rotatable bonds is 4. The Labute approximate surface area is 133 Å². The van der Waals surface area contributed by atoms with Gasteiger partial charge in [-0.05, 0) is 24.6 Å². The molecule has 118 valence electrons. The molecule has 2 aromatic rings. The number of carboxylic acids is 1. The third-order valence-corrected chi connectivity index (χ3v) is 4.08. The maximum atomic E-state index is 12.7. The van der Waals surface area contributed by atoms with Crippen molar-refractivity contribution in [1.29, 1.82) is 0 Å². The van der Waals surface area contributed by atoms with Crippen LogP contribution in [-0.2, 0) is 0 Å². The maximum absolute atomic E-state index is 12.7. The first kappa shape index (κ1) is 15.2. The Kier molecular flexibility index (Phi) is 4.08. The van der Waals surface area contributed by atoms with Gasteiger partial charge in [-0.15, -0.1) is 0 Å². The predicted octanol–water partition coefficient (Wildman–Crippen LogP) is 1.82. The molecular weight excluding hydrogens is 294 g/mol. The number of Topliss-reactive ketones (excluding diaryl/α,β-unsaturated/α-hetero) is 1. The van der Waals surface area contributed by atoms with Gasteiger partial charge in [0.05, 0.1) is 0 Å². The number of nitrogen functional groups attached to an aromatic ring is 1. The number of pyridine rings is 1. The number of carbonyl (C=O) groups is 2. The summed E-state index contributed by atoms with van der Waals surface area (Å²) in [6.07, 6.45) is 2.31. The number of hydrogen-bond donors (Lipinski definition) is 3. The fraction of sp³-hybridized carbons (Fsp3) is 0.235. The lowest BCUT2D eigenvalue weighted by molar-refractivity contribution is 0.0697. The van der Waals surface area contributed by atoms with E-state index >= 15 is 0 Å². The number of anilines is 1. The second-order valence-electron chi connectivity index (χ2n) is 5.56. The van der Waals surface area contributed by atoms with Crippen LogP contribution in [0.4, 0.5) is 5.82 Å². The summed E-state index contributed by atoms with van der Waals surface area (Å²) in [6.45, 7) is 1.51. The van der Waals surface area contributed by atoms with E-state index in [2.05, 4.69) is 10.3 Å². The Bertz CT molecular complexity index is 767. The number of nitrogens with zero attached hydrogens (tertiary/aromatic N) is 1. The summed E-state index contributed by atoms with van der Waals surface area (Å²) in [5, 5.41) is 12.4. The molecule has 4 N–H and O–H groups in total. The van der Waals surface area contributed by atoms with Crippen LogP contribution in [0, 0.1) is 5.92 Å². The first-order valence-corrected chi connectivity index (χ1v) is 7.41.